The van der Waals surface area contributed by atoms with E-state index in [9.17, 15) is 19.7 Å². The van der Waals surface area contributed by atoms with Crippen LogP contribution in [0.5, 0.6) is 0 Å². The topological polar surface area (TPSA) is 136 Å². The van der Waals surface area contributed by atoms with Gasteiger partial charge < -0.3 is 9.73 Å². The van der Waals surface area contributed by atoms with E-state index < -0.39 is 10.7 Å². The van der Waals surface area contributed by atoms with Gasteiger partial charge in [-0.05, 0) is 31.5 Å². The summed E-state index contributed by atoms with van der Waals surface area (Å²) in [6, 6.07) is 9.76. The largest absolute Gasteiger partial charge is 0.419 e. The van der Waals surface area contributed by atoms with Gasteiger partial charge in [0.25, 0.3) is 5.69 Å². The first-order valence-electron chi connectivity index (χ1n) is 9.10. The third-order valence-corrected chi connectivity index (χ3v) is 5.53. The van der Waals surface area contributed by atoms with Crippen molar-refractivity contribution in [2.24, 2.45) is 0 Å². The number of nitrogens with one attached hydrogen (secondary N) is 2. The highest BCUT2D eigenvalue weighted by Crippen LogP contribution is 2.27. The van der Waals surface area contributed by atoms with Gasteiger partial charge in [0, 0.05) is 30.0 Å². The SMILES string of the molecule is Cc1ccc(-c2cc(NC(=O)CCCn3c(=O)oc4cc([N+](=O)[O-])ccc43)n[nH]2)s1. The molecule has 10 nitrogen and oxygen atoms in total. The number of hydrogen-bond acceptors (Lipinski definition) is 7. The van der Waals surface area contributed by atoms with Crippen molar-refractivity contribution in [3.8, 4) is 10.6 Å². The molecular formula is C19H17N5O5S. The molecule has 0 bridgehead atoms. The molecule has 0 aliphatic carbocycles. The zero-order chi connectivity index (χ0) is 21.3. The van der Waals surface area contributed by atoms with Crippen LogP contribution >= 0.6 is 11.3 Å². The van der Waals surface area contributed by atoms with Crippen LogP contribution in [0.2, 0.25) is 0 Å². The number of hydrogen-bond donors (Lipinski definition) is 2. The quantitative estimate of drug-likeness (QED) is 0.341. The highest BCUT2D eigenvalue weighted by atomic mass is 32.1. The summed E-state index contributed by atoms with van der Waals surface area (Å²) in [6.45, 7) is 2.26. The second kappa shape index (κ2) is 7.95. The maximum absolute atomic E-state index is 12.2. The lowest BCUT2D eigenvalue weighted by Crippen LogP contribution is -2.17. The van der Waals surface area contributed by atoms with Crippen molar-refractivity contribution >= 4 is 39.8 Å². The van der Waals surface area contributed by atoms with E-state index in [1.165, 1.54) is 27.6 Å². The Bertz CT molecular complexity index is 1300. The smallest absolute Gasteiger partial charge is 0.407 e. The molecule has 0 saturated carbocycles. The van der Waals surface area contributed by atoms with E-state index in [0.29, 0.717) is 17.8 Å². The fourth-order valence-electron chi connectivity index (χ4n) is 3.07. The summed E-state index contributed by atoms with van der Waals surface area (Å²) in [5.41, 5.74) is 1.27. The van der Waals surface area contributed by atoms with Gasteiger partial charge in [-0.25, -0.2) is 4.79 Å². The average molecular weight is 427 g/mol. The van der Waals surface area contributed by atoms with Crippen LogP contribution in [0.4, 0.5) is 11.5 Å². The summed E-state index contributed by atoms with van der Waals surface area (Å²) in [6.07, 6.45) is 0.561. The molecule has 2 N–H and O–H groups in total. The zero-order valence-corrected chi connectivity index (χ0v) is 16.7. The number of fused-ring (bicyclic) bond motifs is 1. The molecule has 0 atom stereocenters. The van der Waals surface area contributed by atoms with Crippen LogP contribution in [-0.4, -0.2) is 25.6 Å². The Labute approximate surface area is 173 Å². The summed E-state index contributed by atoms with van der Waals surface area (Å²) < 4.78 is 6.44. The minimum Gasteiger partial charge on any atom is -0.407 e. The molecule has 0 aliphatic heterocycles. The Morgan fingerprint density at radius 1 is 1.33 bits per heavy atom. The predicted octanol–water partition coefficient (Wildman–Crippen LogP) is 3.68. The van der Waals surface area contributed by atoms with Gasteiger partial charge in [0.1, 0.15) is 0 Å². The number of nitro benzene ring substituents is 1. The van der Waals surface area contributed by atoms with Crippen LogP contribution in [0.1, 0.15) is 17.7 Å². The molecule has 4 aromatic rings. The van der Waals surface area contributed by atoms with Gasteiger partial charge in [-0.1, -0.05) is 0 Å². The molecule has 0 aliphatic rings. The van der Waals surface area contributed by atoms with Crippen molar-refractivity contribution < 1.29 is 14.1 Å². The number of benzene rings is 1. The molecule has 3 heterocycles. The average Bonchev–Trinajstić information content (AvgIpc) is 3.40. The lowest BCUT2D eigenvalue weighted by Gasteiger charge is -2.03. The van der Waals surface area contributed by atoms with Crippen molar-refractivity contribution in [2.75, 3.05) is 5.32 Å². The summed E-state index contributed by atoms with van der Waals surface area (Å²) in [5, 5.41) is 20.6. The fraction of sp³-hybridized carbons (Fsp3) is 0.211. The van der Waals surface area contributed by atoms with Gasteiger partial charge in [0.05, 0.1) is 27.1 Å². The van der Waals surface area contributed by atoms with E-state index in [2.05, 4.69) is 15.5 Å². The number of nitro groups is 1. The minimum atomic E-state index is -0.617. The second-order valence-corrected chi connectivity index (χ2v) is 7.95. The number of nitrogens with zero attached hydrogens (tertiary/aromatic N) is 3. The minimum absolute atomic E-state index is 0.145. The number of aromatic amines is 1. The molecular weight excluding hydrogens is 410 g/mol. The third-order valence-electron chi connectivity index (χ3n) is 4.50. The molecule has 0 unspecified atom stereocenters. The first-order valence-corrected chi connectivity index (χ1v) is 9.92. The summed E-state index contributed by atoms with van der Waals surface area (Å²) in [4.78, 5) is 36.8. The van der Waals surface area contributed by atoms with E-state index in [-0.39, 0.29) is 30.1 Å². The van der Waals surface area contributed by atoms with Crippen LogP contribution < -0.4 is 11.1 Å². The number of anilines is 1. The van der Waals surface area contributed by atoms with Crippen molar-refractivity contribution in [2.45, 2.75) is 26.3 Å². The molecule has 0 saturated heterocycles. The Balaban J connectivity index is 1.36. The zero-order valence-electron chi connectivity index (χ0n) is 15.9. The standard InChI is InChI=1S/C19H17N5O5S/c1-11-4-7-16(30-11)13-10-17(22-21-13)20-18(25)3-2-8-23-14-6-5-12(24(27)28)9-15(14)29-19(23)26/h4-7,9-10H,2-3,8H2,1H3,(H2,20,21,22,25). The highest BCUT2D eigenvalue weighted by Gasteiger charge is 2.15. The Hall–Kier alpha value is -3.73. The molecule has 0 spiro atoms. The number of carbonyl (C=O) groups is 1. The number of rotatable bonds is 7. The summed E-state index contributed by atoms with van der Waals surface area (Å²) >= 11 is 1.63. The molecule has 0 fully saturated rings. The lowest BCUT2D eigenvalue weighted by molar-refractivity contribution is -0.384. The number of aromatic nitrogens is 3. The number of oxazole rings is 1. The Morgan fingerprint density at radius 3 is 2.90 bits per heavy atom. The van der Waals surface area contributed by atoms with Crippen LogP contribution in [0.15, 0.2) is 45.6 Å². The van der Waals surface area contributed by atoms with E-state index in [4.69, 9.17) is 4.42 Å². The van der Waals surface area contributed by atoms with Crippen molar-refractivity contribution in [1.29, 1.82) is 0 Å². The molecule has 154 valence electrons. The molecule has 1 amide bonds. The Kier molecular flexibility index (Phi) is 5.19. The predicted molar refractivity (Wildman–Crippen MR) is 112 cm³/mol. The first kappa shape index (κ1) is 19.6. The van der Waals surface area contributed by atoms with Crippen molar-refractivity contribution in [3.05, 3.63) is 61.9 Å². The van der Waals surface area contributed by atoms with Gasteiger partial charge in [0.15, 0.2) is 11.4 Å². The van der Waals surface area contributed by atoms with Crippen LogP contribution in [-0.2, 0) is 11.3 Å². The number of H-pyrrole nitrogens is 1. The van der Waals surface area contributed by atoms with E-state index in [1.807, 2.05) is 19.1 Å². The van der Waals surface area contributed by atoms with Crippen molar-refractivity contribution in [3.63, 3.8) is 0 Å². The third kappa shape index (κ3) is 4.01. The first-order chi connectivity index (χ1) is 14.4. The molecule has 1 aromatic carbocycles. The van der Waals surface area contributed by atoms with Gasteiger partial charge >= 0.3 is 5.76 Å². The maximum atomic E-state index is 12.2. The molecule has 4 rings (SSSR count). The number of amides is 1. The highest BCUT2D eigenvalue weighted by molar-refractivity contribution is 7.15. The number of aryl methyl sites for hydroxylation is 2. The summed E-state index contributed by atoms with van der Waals surface area (Å²) in [7, 11) is 0. The number of non-ortho nitro benzene ring substituents is 1. The van der Waals surface area contributed by atoms with Gasteiger partial charge in [-0.2, -0.15) is 5.10 Å². The van der Waals surface area contributed by atoms with E-state index in [0.717, 1.165) is 10.6 Å². The van der Waals surface area contributed by atoms with E-state index in [1.54, 1.807) is 17.4 Å². The van der Waals surface area contributed by atoms with Crippen LogP contribution in [0.25, 0.3) is 21.7 Å². The fourth-order valence-corrected chi connectivity index (χ4v) is 3.91. The number of thiophene rings is 1. The van der Waals surface area contributed by atoms with Gasteiger partial charge in [0.2, 0.25) is 5.91 Å². The van der Waals surface area contributed by atoms with Crippen LogP contribution in [0.3, 0.4) is 0 Å². The lowest BCUT2D eigenvalue weighted by atomic mass is 10.2. The van der Waals surface area contributed by atoms with Gasteiger partial charge in [-0.3, -0.25) is 24.6 Å². The van der Waals surface area contributed by atoms with Gasteiger partial charge in [-0.15, -0.1) is 11.3 Å². The van der Waals surface area contributed by atoms with Crippen molar-refractivity contribution in [1.82, 2.24) is 14.8 Å². The second-order valence-electron chi connectivity index (χ2n) is 6.66. The normalized spacial score (nSPS) is 11.1. The number of carbonyl (C=O) groups excluding carboxylic acids is 1. The molecule has 3 aromatic heterocycles. The van der Waals surface area contributed by atoms with Crippen LogP contribution in [0, 0.1) is 17.0 Å². The molecule has 30 heavy (non-hydrogen) atoms. The molecule has 0 radical (unpaired) electrons. The Morgan fingerprint density at radius 2 is 2.17 bits per heavy atom. The maximum Gasteiger partial charge on any atom is 0.419 e. The van der Waals surface area contributed by atoms with E-state index >= 15 is 0 Å². The summed E-state index contributed by atoms with van der Waals surface area (Å²) in [5.74, 6) is -0.416. The molecule has 11 heteroatoms. The monoisotopic (exact) mass is 427 g/mol.